The first-order chi connectivity index (χ1) is 22.3. The summed E-state index contributed by atoms with van der Waals surface area (Å²) in [4.78, 5) is 42.1. The molecule has 8 nitrogen and oxygen atoms in total. The van der Waals surface area contributed by atoms with Crippen LogP contribution in [0.2, 0.25) is 0 Å². The minimum absolute atomic E-state index is 0.0313. The number of ketones is 1. The highest BCUT2D eigenvalue weighted by Gasteiger charge is 2.21. The number of ether oxygens (including phenoxy) is 2. The maximum Gasteiger partial charge on any atom is 0.469 e. The van der Waals surface area contributed by atoms with Crippen molar-refractivity contribution in [2.24, 2.45) is 0 Å². The van der Waals surface area contributed by atoms with Crippen LogP contribution in [0.15, 0.2) is 36.6 Å². The van der Waals surface area contributed by atoms with Crippen LogP contribution >= 0.6 is 7.82 Å². The Labute approximate surface area is 281 Å². The molecule has 268 valence electrons. The molecule has 2 N–H and O–H groups in total. The van der Waals surface area contributed by atoms with Crippen molar-refractivity contribution in [2.75, 3.05) is 13.2 Å². The zero-order chi connectivity index (χ0) is 34.0. The smallest absolute Gasteiger partial charge is 0.469 e. The molecule has 0 aromatic carbocycles. The molecule has 0 unspecified atom stereocenters. The van der Waals surface area contributed by atoms with E-state index in [1.807, 2.05) is 18.2 Å². The topological polar surface area (TPSA) is 119 Å². The van der Waals surface area contributed by atoms with Crippen molar-refractivity contribution in [2.45, 2.75) is 174 Å². The van der Waals surface area contributed by atoms with Gasteiger partial charge in [-0.3, -0.25) is 14.1 Å². The van der Waals surface area contributed by atoms with Crippen LogP contribution in [0.3, 0.4) is 0 Å². The summed E-state index contributed by atoms with van der Waals surface area (Å²) in [5, 5.41) is 0. The molecule has 9 heteroatoms. The predicted octanol–water partition coefficient (Wildman–Crippen LogP) is 10.6. The molecule has 0 aliphatic heterocycles. The lowest BCUT2D eigenvalue weighted by Crippen LogP contribution is -2.27. The van der Waals surface area contributed by atoms with Gasteiger partial charge < -0.3 is 19.3 Å². The zero-order valence-electron chi connectivity index (χ0n) is 29.2. The molecule has 0 heterocycles. The predicted molar refractivity (Wildman–Crippen MR) is 188 cm³/mol. The monoisotopic (exact) mass is 670 g/mol. The first kappa shape index (κ1) is 44.3. The largest absolute Gasteiger partial charge is 0.498 e. The maximum atomic E-state index is 12.3. The molecule has 0 saturated carbocycles. The molecular weight excluding hydrogens is 603 g/mol. The zero-order valence-corrected chi connectivity index (χ0v) is 30.1. The minimum atomic E-state index is -4.68. The minimum Gasteiger partial charge on any atom is -0.498 e. The van der Waals surface area contributed by atoms with Crippen LogP contribution < -0.4 is 0 Å². The van der Waals surface area contributed by atoms with Crippen LogP contribution in [-0.2, 0) is 28.2 Å². The molecule has 0 spiro atoms. The highest BCUT2D eigenvalue weighted by molar-refractivity contribution is 7.46. The number of phosphoric ester groups is 1. The Balaban J connectivity index is 3.98. The van der Waals surface area contributed by atoms with Gasteiger partial charge in [0.2, 0.25) is 0 Å². The van der Waals surface area contributed by atoms with Crippen molar-refractivity contribution in [3.05, 3.63) is 36.6 Å². The average Bonchev–Trinajstić information content (AvgIpc) is 3.01. The first-order valence-corrected chi connectivity index (χ1v) is 19.8. The van der Waals surface area contributed by atoms with Gasteiger partial charge in [-0.05, 0) is 50.7 Å². The number of rotatable bonds is 34. The average molecular weight is 671 g/mol. The standard InChI is InChI=1S/C37H67O8P/c1-3-5-7-8-9-10-11-12-13-14-18-21-24-28-32-43-33-36(34-44-46(40,41)42)45-37(39)31-27-23-20-17-15-16-19-22-26-30-35(38)29-25-6-4-2/h19,22,26,28,30,32,36H,3-18,20-21,23-25,27,29,31,33-34H2,1-2H3,(H2,40,41,42)/b22-19-,30-26+,32-28+/t36-/m1/s1. The fourth-order valence-corrected chi connectivity index (χ4v) is 5.34. The molecule has 0 rings (SSSR count). The van der Waals surface area contributed by atoms with E-state index >= 15 is 0 Å². The van der Waals surface area contributed by atoms with Crippen LogP contribution in [0.25, 0.3) is 0 Å². The lowest BCUT2D eigenvalue weighted by atomic mass is 10.0. The number of hydrogen-bond donors (Lipinski definition) is 2. The lowest BCUT2D eigenvalue weighted by Gasteiger charge is -2.18. The van der Waals surface area contributed by atoms with Crippen LogP contribution in [0, 0.1) is 0 Å². The number of carbonyl (C=O) groups is 2. The molecule has 0 saturated heterocycles. The molecule has 0 aliphatic carbocycles. The van der Waals surface area contributed by atoms with Crippen molar-refractivity contribution in [3.63, 3.8) is 0 Å². The molecular formula is C37H67O8P. The van der Waals surface area contributed by atoms with Crippen molar-refractivity contribution < 1.29 is 37.9 Å². The van der Waals surface area contributed by atoms with E-state index in [-0.39, 0.29) is 18.8 Å². The molecule has 0 aromatic heterocycles. The molecule has 0 amide bonds. The van der Waals surface area contributed by atoms with E-state index in [9.17, 15) is 14.2 Å². The van der Waals surface area contributed by atoms with E-state index in [1.165, 1.54) is 70.6 Å². The molecule has 0 bridgehead atoms. The normalized spacial score (nSPS) is 12.9. The second kappa shape index (κ2) is 33.2. The van der Waals surface area contributed by atoms with E-state index in [4.69, 9.17) is 19.3 Å². The third kappa shape index (κ3) is 35.1. The molecule has 0 aromatic rings. The van der Waals surface area contributed by atoms with Crippen LogP contribution in [0.4, 0.5) is 0 Å². The number of carbonyl (C=O) groups excluding carboxylic acids is 2. The molecule has 0 radical (unpaired) electrons. The van der Waals surface area contributed by atoms with Gasteiger partial charge in [0, 0.05) is 12.8 Å². The Kier molecular flexibility index (Phi) is 31.9. The number of unbranched alkanes of at least 4 members (excludes halogenated alkanes) is 19. The Hall–Kier alpha value is -1.73. The number of phosphoric acid groups is 1. The van der Waals surface area contributed by atoms with E-state index in [2.05, 4.69) is 24.4 Å². The lowest BCUT2D eigenvalue weighted by molar-refractivity contribution is -0.153. The summed E-state index contributed by atoms with van der Waals surface area (Å²) < 4.78 is 26.6. The Morgan fingerprint density at radius 1 is 0.630 bits per heavy atom. The first-order valence-electron chi connectivity index (χ1n) is 18.3. The van der Waals surface area contributed by atoms with Crippen molar-refractivity contribution in [1.82, 2.24) is 0 Å². The van der Waals surface area contributed by atoms with Gasteiger partial charge in [-0.2, -0.15) is 0 Å². The Morgan fingerprint density at radius 2 is 1.13 bits per heavy atom. The summed E-state index contributed by atoms with van der Waals surface area (Å²) in [6.07, 6.45) is 36.3. The maximum absolute atomic E-state index is 12.3. The highest BCUT2D eigenvalue weighted by atomic mass is 31.2. The van der Waals surface area contributed by atoms with Gasteiger partial charge in [0.1, 0.15) is 6.61 Å². The summed E-state index contributed by atoms with van der Waals surface area (Å²) in [6.45, 7) is 3.91. The number of allylic oxidation sites excluding steroid dienone is 5. The van der Waals surface area contributed by atoms with Gasteiger partial charge in [-0.1, -0.05) is 135 Å². The Morgan fingerprint density at radius 3 is 1.72 bits per heavy atom. The van der Waals surface area contributed by atoms with Crippen molar-refractivity contribution in [3.8, 4) is 0 Å². The molecule has 1 atom stereocenters. The summed E-state index contributed by atoms with van der Waals surface area (Å²) in [5.41, 5.74) is 0. The summed E-state index contributed by atoms with van der Waals surface area (Å²) in [6, 6.07) is 0. The second-order valence-electron chi connectivity index (χ2n) is 12.3. The van der Waals surface area contributed by atoms with E-state index in [0.717, 1.165) is 64.2 Å². The number of hydrogen-bond acceptors (Lipinski definition) is 6. The van der Waals surface area contributed by atoms with Crippen LogP contribution in [0.5, 0.6) is 0 Å². The Bertz CT molecular complexity index is 848. The van der Waals surface area contributed by atoms with Gasteiger partial charge in [0.25, 0.3) is 0 Å². The molecule has 46 heavy (non-hydrogen) atoms. The van der Waals surface area contributed by atoms with E-state index in [1.54, 1.807) is 12.3 Å². The summed E-state index contributed by atoms with van der Waals surface area (Å²) >= 11 is 0. The van der Waals surface area contributed by atoms with Crippen LogP contribution in [-0.4, -0.2) is 40.9 Å². The van der Waals surface area contributed by atoms with Gasteiger partial charge in [-0.15, -0.1) is 0 Å². The third-order valence-electron chi connectivity index (χ3n) is 7.73. The van der Waals surface area contributed by atoms with Gasteiger partial charge in [0.05, 0.1) is 12.9 Å². The molecule has 0 fully saturated rings. The highest BCUT2D eigenvalue weighted by Crippen LogP contribution is 2.35. The van der Waals surface area contributed by atoms with E-state index < -0.39 is 26.5 Å². The van der Waals surface area contributed by atoms with E-state index in [0.29, 0.717) is 12.8 Å². The quantitative estimate of drug-likeness (QED) is 0.0173. The summed E-state index contributed by atoms with van der Waals surface area (Å²) in [5.74, 6) is -0.246. The summed E-state index contributed by atoms with van der Waals surface area (Å²) in [7, 11) is -4.68. The third-order valence-corrected chi connectivity index (χ3v) is 8.22. The van der Waals surface area contributed by atoms with Crippen molar-refractivity contribution >= 4 is 19.6 Å². The SMILES string of the molecule is CCCCCCCCCCCCCC/C=C/OC[C@H](COP(=O)(O)O)OC(=O)CCCCCCC/C=C\C=C\C(=O)CCCCC. The van der Waals surface area contributed by atoms with Crippen LogP contribution in [0.1, 0.15) is 168 Å². The van der Waals surface area contributed by atoms with Gasteiger partial charge in [-0.25, -0.2) is 4.57 Å². The van der Waals surface area contributed by atoms with Crippen molar-refractivity contribution in [1.29, 1.82) is 0 Å². The van der Waals surface area contributed by atoms with Gasteiger partial charge >= 0.3 is 13.8 Å². The fourth-order valence-electron chi connectivity index (χ4n) is 4.98. The second-order valence-corrected chi connectivity index (χ2v) is 13.5. The fraction of sp³-hybridized carbons (Fsp3) is 0.784. The van der Waals surface area contributed by atoms with Gasteiger partial charge in [0.15, 0.2) is 11.9 Å². The number of esters is 1. The molecule has 0 aliphatic rings.